The van der Waals surface area contributed by atoms with Gasteiger partial charge in [-0.05, 0) is 17.5 Å². The predicted molar refractivity (Wildman–Crippen MR) is 91.0 cm³/mol. The van der Waals surface area contributed by atoms with Crippen molar-refractivity contribution < 1.29 is 14.0 Å². The van der Waals surface area contributed by atoms with Gasteiger partial charge in [-0.2, -0.15) is 0 Å². The van der Waals surface area contributed by atoms with Crippen molar-refractivity contribution in [3.63, 3.8) is 0 Å². The number of benzene rings is 1. The number of amides is 2. The maximum Gasteiger partial charge on any atom is 0.227 e. The van der Waals surface area contributed by atoms with Crippen molar-refractivity contribution in [1.29, 1.82) is 0 Å². The van der Waals surface area contributed by atoms with E-state index in [0.29, 0.717) is 31.6 Å². The van der Waals surface area contributed by atoms with E-state index in [1.807, 2.05) is 17.5 Å². The quantitative estimate of drug-likeness (QED) is 0.854. The van der Waals surface area contributed by atoms with Gasteiger partial charge < -0.3 is 9.80 Å². The van der Waals surface area contributed by atoms with Crippen LogP contribution in [0.2, 0.25) is 0 Å². The molecular weight excluding hydrogens is 327 g/mol. The predicted octanol–water partition coefficient (Wildman–Crippen LogP) is 2.69. The van der Waals surface area contributed by atoms with Crippen molar-refractivity contribution in [1.82, 2.24) is 9.80 Å². The summed E-state index contributed by atoms with van der Waals surface area (Å²) in [6.07, 6.45) is 0.657. The van der Waals surface area contributed by atoms with E-state index in [1.165, 1.54) is 6.07 Å². The van der Waals surface area contributed by atoms with Gasteiger partial charge in [0.2, 0.25) is 11.8 Å². The van der Waals surface area contributed by atoms with Crippen LogP contribution in [0.1, 0.15) is 16.9 Å². The third-order valence-corrected chi connectivity index (χ3v) is 5.04. The molecule has 6 heteroatoms. The number of carbonyl (C=O) groups is 2. The van der Waals surface area contributed by atoms with E-state index in [2.05, 4.69) is 0 Å². The molecule has 4 nitrogen and oxygen atoms in total. The van der Waals surface area contributed by atoms with E-state index in [0.717, 1.165) is 4.88 Å². The van der Waals surface area contributed by atoms with Crippen molar-refractivity contribution >= 4 is 23.2 Å². The van der Waals surface area contributed by atoms with Crippen molar-refractivity contribution in [2.75, 3.05) is 19.6 Å². The van der Waals surface area contributed by atoms with Crippen LogP contribution in [0.25, 0.3) is 0 Å². The maximum absolute atomic E-state index is 13.8. The normalized spacial score (nSPS) is 15.5. The second-order valence-electron chi connectivity index (χ2n) is 5.79. The van der Waals surface area contributed by atoms with Crippen molar-refractivity contribution in [2.45, 2.75) is 19.4 Å². The molecule has 2 amide bonds. The van der Waals surface area contributed by atoms with Gasteiger partial charge in [0.25, 0.3) is 0 Å². The molecule has 1 aliphatic rings. The molecule has 0 aliphatic carbocycles. The highest BCUT2D eigenvalue weighted by Gasteiger charge is 2.24. The van der Waals surface area contributed by atoms with Gasteiger partial charge in [0, 0.05) is 43.0 Å². The molecule has 2 heterocycles. The zero-order valence-electron chi connectivity index (χ0n) is 13.3. The highest BCUT2D eigenvalue weighted by atomic mass is 32.1. The van der Waals surface area contributed by atoms with Crippen LogP contribution in [0.4, 0.5) is 4.39 Å². The fraction of sp³-hybridized carbons (Fsp3) is 0.333. The lowest BCUT2D eigenvalue weighted by Gasteiger charge is -2.22. The summed E-state index contributed by atoms with van der Waals surface area (Å²) in [5.74, 6) is -0.303. The topological polar surface area (TPSA) is 40.6 Å². The molecule has 0 atom stereocenters. The number of carbonyl (C=O) groups excluding carboxylic acids is 2. The lowest BCUT2D eigenvalue weighted by molar-refractivity contribution is -0.130. The Labute approximate surface area is 144 Å². The van der Waals surface area contributed by atoms with Gasteiger partial charge in [-0.1, -0.05) is 24.3 Å². The summed E-state index contributed by atoms with van der Waals surface area (Å²) in [4.78, 5) is 29.1. The van der Waals surface area contributed by atoms with Gasteiger partial charge in [-0.3, -0.25) is 9.59 Å². The summed E-state index contributed by atoms with van der Waals surface area (Å²) < 4.78 is 13.8. The molecule has 0 radical (unpaired) electrons. The van der Waals surface area contributed by atoms with Crippen molar-refractivity contribution in [3.8, 4) is 0 Å². The molecular formula is C18H19FN2O2S. The van der Waals surface area contributed by atoms with E-state index in [-0.39, 0.29) is 30.6 Å². The molecule has 0 bridgehead atoms. The van der Waals surface area contributed by atoms with Crippen LogP contribution in [0, 0.1) is 5.82 Å². The Morgan fingerprint density at radius 1 is 1.12 bits per heavy atom. The molecule has 0 spiro atoms. The molecule has 1 saturated heterocycles. The average Bonchev–Trinajstić information content (AvgIpc) is 3.00. The third-order valence-electron chi connectivity index (χ3n) is 4.17. The standard InChI is InChI=1S/C18H19FN2O2S/c19-16-6-2-1-4-14(16)13-21-10-9-20(8-7-17(21)22)18(23)12-15-5-3-11-24-15/h1-6,11H,7-10,12-13H2. The first kappa shape index (κ1) is 16.6. The van der Waals surface area contributed by atoms with Crippen LogP contribution >= 0.6 is 11.3 Å². The number of halogens is 1. The molecule has 1 aromatic carbocycles. The Bertz CT molecular complexity index is 718. The molecule has 24 heavy (non-hydrogen) atoms. The molecule has 3 rings (SSSR count). The van der Waals surface area contributed by atoms with Crippen LogP contribution in [-0.2, 0) is 22.6 Å². The average molecular weight is 346 g/mol. The number of thiophene rings is 1. The van der Waals surface area contributed by atoms with Crippen molar-refractivity contribution in [2.24, 2.45) is 0 Å². The first-order valence-electron chi connectivity index (χ1n) is 7.95. The minimum absolute atomic E-state index is 0.0373. The van der Waals surface area contributed by atoms with Gasteiger partial charge >= 0.3 is 0 Å². The van der Waals surface area contributed by atoms with E-state index in [4.69, 9.17) is 0 Å². The maximum atomic E-state index is 13.8. The molecule has 0 N–H and O–H groups in total. The van der Waals surface area contributed by atoms with Gasteiger partial charge in [-0.25, -0.2) is 4.39 Å². The van der Waals surface area contributed by atoms with Crippen LogP contribution in [-0.4, -0.2) is 41.2 Å². The third kappa shape index (κ3) is 4.00. The first-order chi connectivity index (χ1) is 11.6. The molecule has 1 aliphatic heterocycles. The first-order valence-corrected chi connectivity index (χ1v) is 8.83. The Hall–Kier alpha value is -2.21. The SMILES string of the molecule is O=C(Cc1cccs1)N1CCC(=O)N(Cc2ccccc2F)CC1. The Morgan fingerprint density at radius 2 is 1.96 bits per heavy atom. The highest BCUT2D eigenvalue weighted by Crippen LogP contribution is 2.15. The number of nitrogens with zero attached hydrogens (tertiary/aromatic N) is 2. The van der Waals surface area contributed by atoms with E-state index >= 15 is 0 Å². The fourth-order valence-corrected chi connectivity index (χ4v) is 3.49. The molecule has 126 valence electrons. The summed E-state index contributed by atoms with van der Waals surface area (Å²) >= 11 is 1.56. The molecule has 2 aromatic rings. The van der Waals surface area contributed by atoms with Crippen LogP contribution in [0.3, 0.4) is 0 Å². The second-order valence-corrected chi connectivity index (χ2v) is 6.83. The summed E-state index contributed by atoms with van der Waals surface area (Å²) in [6.45, 7) is 1.60. The van der Waals surface area contributed by atoms with E-state index in [1.54, 1.807) is 39.3 Å². The summed E-state index contributed by atoms with van der Waals surface area (Å²) in [5, 5.41) is 1.95. The zero-order valence-corrected chi connectivity index (χ0v) is 14.1. The molecule has 0 unspecified atom stereocenters. The van der Waals surface area contributed by atoms with Gasteiger partial charge in [0.15, 0.2) is 0 Å². The van der Waals surface area contributed by atoms with E-state index < -0.39 is 0 Å². The largest absolute Gasteiger partial charge is 0.340 e. The fourth-order valence-electron chi connectivity index (χ4n) is 2.79. The summed E-state index contributed by atoms with van der Waals surface area (Å²) in [7, 11) is 0. The minimum Gasteiger partial charge on any atom is -0.340 e. The van der Waals surface area contributed by atoms with Crippen LogP contribution in [0.5, 0.6) is 0 Å². The van der Waals surface area contributed by atoms with Crippen molar-refractivity contribution in [3.05, 3.63) is 58.0 Å². The van der Waals surface area contributed by atoms with Gasteiger partial charge in [0.1, 0.15) is 5.82 Å². The monoisotopic (exact) mass is 346 g/mol. The molecule has 1 aromatic heterocycles. The van der Waals surface area contributed by atoms with Gasteiger partial charge in [-0.15, -0.1) is 11.3 Å². The Kier molecular flexibility index (Phi) is 5.25. The lowest BCUT2D eigenvalue weighted by Crippen LogP contribution is -2.36. The van der Waals surface area contributed by atoms with Crippen LogP contribution in [0.15, 0.2) is 41.8 Å². The Balaban J connectivity index is 1.61. The Morgan fingerprint density at radius 3 is 2.71 bits per heavy atom. The lowest BCUT2D eigenvalue weighted by atomic mass is 10.2. The second kappa shape index (κ2) is 7.57. The number of hydrogen-bond donors (Lipinski definition) is 0. The van der Waals surface area contributed by atoms with E-state index in [9.17, 15) is 14.0 Å². The number of hydrogen-bond acceptors (Lipinski definition) is 3. The zero-order chi connectivity index (χ0) is 16.9. The summed E-state index contributed by atoms with van der Waals surface area (Å²) in [5.41, 5.74) is 0.504. The molecule has 0 saturated carbocycles. The van der Waals surface area contributed by atoms with Gasteiger partial charge in [0.05, 0.1) is 6.42 Å². The number of rotatable bonds is 4. The smallest absolute Gasteiger partial charge is 0.227 e. The van der Waals surface area contributed by atoms with Crippen LogP contribution < -0.4 is 0 Å². The minimum atomic E-state index is -0.305. The molecule has 1 fully saturated rings. The summed E-state index contributed by atoms with van der Waals surface area (Å²) in [6, 6.07) is 10.3. The highest BCUT2D eigenvalue weighted by molar-refractivity contribution is 7.10.